The van der Waals surface area contributed by atoms with Gasteiger partial charge in [0.05, 0.1) is 30.5 Å². The largest absolute Gasteiger partial charge is 0.399 e. The van der Waals surface area contributed by atoms with Crippen molar-refractivity contribution in [3.63, 3.8) is 0 Å². The van der Waals surface area contributed by atoms with Crippen molar-refractivity contribution in [1.29, 1.82) is 0 Å². The van der Waals surface area contributed by atoms with Crippen LogP contribution in [-0.4, -0.2) is 46.1 Å². The van der Waals surface area contributed by atoms with Gasteiger partial charge in [-0.25, -0.2) is 9.67 Å². The molecule has 4 rings (SSSR count). The van der Waals surface area contributed by atoms with Crippen LogP contribution in [0.5, 0.6) is 0 Å². The van der Waals surface area contributed by atoms with Gasteiger partial charge in [-0.1, -0.05) is 12.1 Å². The van der Waals surface area contributed by atoms with Gasteiger partial charge >= 0.3 is 0 Å². The van der Waals surface area contributed by atoms with Gasteiger partial charge in [-0.05, 0) is 26.0 Å². The smallest absolute Gasteiger partial charge is 0.228 e. The Morgan fingerprint density at radius 1 is 1.08 bits per heavy atom. The average Bonchev–Trinajstić information content (AvgIpc) is 3.07. The summed E-state index contributed by atoms with van der Waals surface area (Å²) in [5, 5.41) is 5.49. The first kappa shape index (κ1) is 15.8. The van der Waals surface area contributed by atoms with E-state index >= 15 is 0 Å². The zero-order valence-corrected chi connectivity index (χ0v) is 14.5. The maximum atomic E-state index is 5.84. The summed E-state index contributed by atoms with van der Waals surface area (Å²) >= 11 is 0. The Bertz CT molecular complexity index is 880. The lowest BCUT2D eigenvalue weighted by Gasteiger charge is -2.27. The van der Waals surface area contributed by atoms with E-state index in [1.165, 1.54) is 0 Å². The third kappa shape index (κ3) is 2.91. The molecular weight excluding hydrogens is 316 g/mol. The van der Waals surface area contributed by atoms with Crippen molar-refractivity contribution in [3.8, 4) is 11.3 Å². The first-order chi connectivity index (χ1) is 12.1. The normalized spacial score (nSPS) is 15.2. The lowest BCUT2D eigenvalue weighted by atomic mass is 10.1. The molecule has 25 heavy (non-hydrogen) atoms. The summed E-state index contributed by atoms with van der Waals surface area (Å²) in [6, 6.07) is 8.00. The highest BCUT2D eigenvalue weighted by molar-refractivity contribution is 5.91. The molecule has 2 aromatic heterocycles. The molecule has 0 amide bonds. The number of nitrogens with zero attached hydrogens (tertiary/aromatic N) is 5. The van der Waals surface area contributed by atoms with Crippen LogP contribution in [0.3, 0.4) is 0 Å². The number of morpholine rings is 1. The Kier molecular flexibility index (Phi) is 4.01. The maximum Gasteiger partial charge on any atom is 0.228 e. The number of aromatic nitrogens is 4. The number of nitrogens with two attached hydrogens (primary N) is 1. The Balaban J connectivity index is 1.91. The fourth-order valence-electron chi connectivity index (χ4n) is 3.06. The average molecular weight is 338 g/mol. The second-order valence-corrected chi connectivity index (χ2v) is 6.51. The van der Waals surface area contributed by atoms with Crippen LogP contribution in [0.1, 0.15) is 19.9 Å². The minimum Gasteiger partial charge on any atom is -0.399 e. The van der Waals surface area contributed by atoms with E-state index in [9.17, 15) is 0 Å². The van der Waals surface area contributed by atoms with Crippen LogP contribution < -0.4 is 10.6 Å². The zero-order chi connectivity index (χ0) is 17.4. The Morgan fingerprint density at radius 2 is 1.80 bits per heavy atom. The van der Waals surface area contributed by atoms with Crippen LogP contribution in [0.2, 0.25) is 0 Å². The molecule has 1 aliphatic rings. The Morgan fingerprint density at radius 3 is 2.48 bits per heavy atom. The highest BCUT2D eigenvalue weighted by Crippen LogP contribution is 2.30. The molecule has 7 heteroatoms. The van der Waals surface area contributed by atoms with Crippen molar-refractivity contribution in [1.82, 2.24) is 19.7 Å². The molecule has 1 fully saturated rings. The quantitative estimate of drug-likeness (QED) is 0.739. The number of ether oxygens (including phenoxy) is 1. The van der Waals surface area contributed by atoms with E-state index in [0.29, 0.717) is 13.2 Å². The first-order valence-corrected chi connectivity index (χ1v) is 8.57. The number of benzene rings is 1. The summed E-state index contributed by atoms with van der Waals surface area (Å²) in [5.74, 6) is 0.727. The SMILES string of the molecule is CC(C)n1ncc2c(-c3ccc(N)cc3)nc(N3CCOCC3)nc21. The molecule has 2 N–H and O–H groups in total. The van der Waals surface area contributed by atoms with Gasteiger partial charge in [-0.2, -0.15) is 10.1 Å². The molecule has 0 bridgehead atoms. The molecule has 1 aliphatic heterocycles. The highest BCUT2D eigenvalue weighted by atomic mass is 16.5. The number of fused-ring (bicyclic) bond motifs is 1. The van der Waals surface area contributed by atoms with Gasteiger partial charge in [0.2, 0.25) is 5.95 Å². The summed E-state index contributed by atoms with van der Waals surface area (Å²) in [6.07, 6.45) is 1.85. The van der Waals surface area contributed by atoms with E-state index < -0.39 is 0 Å². The molecule has 3 heterocycles. The molecule has 3 aromatic rings. The predicted octanol–water partition coefficient (Wildman–Crippen LogP) is 2.49. The summed E-state index contributed by atoms with van der Waals surface area (Å²) < 4.78 is 7.40. The van der Waals surface area contributed by atoms with Crippen molar-refractivity contribution < 1.29 is 4.74 Å². The lowest BCUT2D eigenvalue weighted by molar-refractivity contribution is 0.122. The van der Waals surface area contributed by atoms with Gasteiger partial charge in [0.15, 0.2) is 5.65 Å². The molecule has 0 unspecified atom stereocenters. The van der Waals surface area contributed by atoms with Crippen LogP contribution in [-0.2, 0) is 4.74 Å². The molecule has 0 radical (unpaired) electrons. The van der Waals surface area contributed by atoms with Crippen LogP contribution in [0.15, 0.2) is 30.5 Å². The molecule has 7 nitrogen and oxygen atoms in total. The summed E-state index contributed by atoms with van der Waals surface area (Å²) in [5.41, 5.74) is 9.33. The minimum atomic E-state index is 0.226. The van der Waals surface area contributed by atoms with Gasteiger partial charge in [0.25, 0.3) is 0 Å². The topological polar surface area (TPSA) is 82.1 Å². The number of anilines is 2. The second-order valence-electron chi connectivity index (χ2n) is 6.51. The van der Waals surface area contributed by atoms with Crippen LogP contribution >= 0.6 is 0 Å². The van der Waals surface area contributed by atoms with E-state index in [4.69, 9.17) is 20.4 Å². The monoisotopic (exact) mass is 338 g/mol. The van der Waals surface area contributed by atoms with Crippen LogP contribution in [0.25, 0.3) is 22.3 Å². The van der Waals surface area contributed by atoms with Crippen molar-refractivity contribution in [3.05, 3.63) is 30.5 Å². The number of rotatable bonds is 3. The lowest BCUT2D eigenvalue weighted by Crippen LogP contribution is -2.37. The molecule has 130 valence electrons. The zero-order valence-electron chi connectivity index (χ0n) is 14.5. The molecule has 0 aliphatic carbocycles. The van der Waals surface area contributed by atoms with Gasteiger partial charge in [0, 0.05) is 30.4 Å². The van der Waals surface area contributed by atoms with Gasteiger partial charge in [-0.3, -0.25) is 0 Å². The van der Waals surface area contributed by atoms with Crippen molar-refractivity contribution in [2.24, 2.45) is 0 Å². The molecule has 0 spiro atoms. The first-order valence-electron chi connectivity index (χ1n) is 8.57. The number of hydrogen-bond acceptors (Lipinski definition) is 6. The molecule has 1 saturated heterocycles. The molecule has 0 atom stereocenters. The Labute approximate surface area is 146 Å². The van der Waals surface area contributed by atoms with Crippen molar-refractivity contribution in [2.75, 3.05) is 36.9 Å². The highest BCUT2D eigenvalue weighted by Gasteiger charge is 2.20. The molecule has 0 saturated carbocycles. The van der Waals surface area contributed by atoms with E-state index in [-0.39, 0.29) is 6.04 Å². The summed E-state index contributed by atoms with van der Waals surface area (Å²) in [7, 11) is 0. The van der Waals surface area contributed by atoms with E-state index in [2.05, 4.69) is 23.8 Å². The summed E-state index contributed by atoms with van der Waals surface area (Å²) in [4.78, 5) is 11.8. The van der Waals surface area contributed by atoms with Crippen LogP contribution in [0.4, 0.5) is 11.6 Å². The van der Waals surface area contributed by atoms with Crippen LogP contribution in [0, 0.1) is 0 Å². The standard InChI is InChI=1S/C18H22N6O/c1-12(2)24-17-15(11-20-24)16(13-3-5-14(19)6-4-13)21-18(22-17)23-7-9-25-10-8-23/h3-6,11-12H,7-10,19H2,1-2H3. The van der Waals surface area contributed by atoms with Gasteiger partial charge < -0.3 is 15.4 Å². The fraction of sp³-hybridized carbons (Fsp3) is 0.389. The number of hydrogen-bond donors (Lipinski definition) is 1. The van der Waals surface area contributed by atoms with E-state index in [1.807, 2.05) is 35.1 Å². The van der Waals surface area contributed by atoms with Crippen molar-refractivity contribution >= 4 is 22.7 Å². The minimum absolute atomic E-state index is 0.226. The molecular formula is C18H22N6O. The summed E-state index contributed by atoms with van der Waals surface area (Å²) in [6.45, 7) is 7.19. The fourth-order valence-corrected chi connectivity index (χ4v) is 3.06. The van der Waals surface area contributed by atoms with E-state index in [0.717, 1.165) is 47.0 Å². The molecule has 1 aromatic carbocycles. The Hall–Kier alpha value is -2.67. The van der Waals surface area contributed by atoms with Gasteiger partial charge in [0.1, 0.15) is 0 Å². The third-order valence-corrected chi connectivity index (χ3v) is 4.41. The third-order valence-electron chi connectivity index (χ3n) is 4.41. The van der Waals surface area contributed by atoms with E-state index in [1.54, 1.807) is 0 Å². The van der Waals surface area contributed by atoms with Gasteiger partial charge in [-0.15, -0.1) is 0 Å². The predicted molar refractivity (Wildman–Crippen MR) is 98.6 cm³/mol. The second kappa shape index (κ2) is 6.33. The number of nitrogen functional groups attached to an aromatic ring is 1. The maximum absolute atomic E-state index is 5.84. The van der Waals surface area contributed by atoms with Crippen molar-refractivity contribution in [2.45, 2.75) is 19.9 Å².